The predicted octanol–water partition coefficient (Wildman–Crippen LogP) is 6.43. The summed E-state index contributed by atoms with van der Waals surface area (Å²) in [5.41, 5.74) is 2.69. The molecule has 3 aromatic carbocycles. The Kier molecular flexibility index (Phi) is 20.1. The van der Waals surface area contributed by atoms with Crippen LogP contribution in [0.1, 0.15) is 108 Å². The van der Waals surface area contributed by atoms with Gasteiger partial charge in [-0.25, -0.2) is 9.59 Å². The Labute approximate surface area is 348 Å². The lowest BCUT2D eigenvalue weighted by Gasteiger charge is -2.25. The molecule has 3 atom stereocenters. The molecular formula is C46H62N4O9. The molecule has 4 N–H and O–H groups in total. The van der Waals surface area contributed by atoms with Crippen LogP contribution in [-0.4, -0.2) is 66.5 Å². The van der Waals surface area contributed by atoms with Crippen molar-refractivity contribution >= 4 is 35.8 Å². The van der Waals surface area contributed by atoms with E-state index >= 15 is 0 Å². The fourth-order valence-electron chi connectivity index (χ4n) is 5.93. The largest absolute Gasteiger partial charge is 0.461 e. The van der Waals surface area contributed by atoms with Crippen LogP contribution in [0.15, 0.2) is 84.9 Å². The number of alkyl carbamates (subject to hydrolysis) is 1. The average molecular weight is 815 g/mol. The Hall–Kier alpha value is -5.72. The minimum absolute atomic E-state index is 0.0658. The minimum Gasteiger partial charge on any atom is -0.461 e. The van der Waals surface area contributed by atoms with Gasteiger partial charge in [0.15, 0.2) is 0 Å². The van der Waals surface area contributed by atoms with Crippen LogP contribution in [-0.2, 0) is 57.8 Å². The van der Waals surface area contributed by atoms with Crippen LogP contribution in [0.25, 0.3) is 0 Å². The molecule has 0 radical (unpaired) electrons. The lowest BCUT2D eigenvalue weighted by molar-refractivity contribution is -0.158. The fraction of sp³-hybridized carbons (Fsp3) is 0.478. The number of nitrogens with one attached hydrogen (secondary N) is 4. The van der Waals surface area contributed by atoms with E-state index in [1.54, 1.807) is 52.0 Å². The number of carbonyl (C=O) groups is 6. The van der Waals surface area contributed by atoms with Gasteiger partial charge in [-0.05, 0) is 75.1 Å². The first-order valence-corrected chi connectivity index (χ1v) is 20.4. The Morgan fingerprint density at radius 1 is 0.627 bits per heavy atom. The molecule has 3 aromatic rings. The van der Waals surface area contributed by atoms with E-state index < -0.39 is 53.9 Å². The molecule has 0 saturated carbocycles. The summed E-state index contributed by atoms with van der Waals surface area (Å²) in [5.74, 6) is -2.81. The Bertz CT molecular complexity index is 1780. The molecule has 3 rings (SSSR count). The van der Waals surface area contributed by atoms with Crippen molar-refractivity contribution in [2.45, 2.75) is 123 Å². The van der Waals surface area contributed by atoms with Gasteiger partial charge in [0.1, 0.15) is 30.9 Å². The molecule has 0 unspecified atom stereocenters. The van der Waals surface area contributed by atoms with Gasteiger partial charge < -0.3 is 35.5 Å². The molecule has 59 heavy (non-hydrogen) atoms. The molecule has 0 heterocycles. The molecule has 0 spiro atoms. The van der Waals surface area contributed by atoms with Crippen molar-refractivity contribution in [1.82, 2.24) is 21.3 Å². The quantitative estimate of drug-likeness (QED) is 0.0478. The van der Waals surface area contributed by atoms with Gasteiger partial charge >= 0.3 is 18.0 Å². The van der Waals surface area contributed by atoms with E-state index in [2.05, 4.69) is 35.1 Å². The Balaban J connectivity index is 1.60. The molecule has 320 valence electrons. The van der Waals surface area contributed by atoms with Gasteiger partial charge in [-0.1, -0.05) is 112 Å². The fourth-order valence-corrected chi connectivity index (χ4v) is 5.93. The van der Waals surface area contributed by atoms with E-state index in [1.807, 2.05) is 60.7 Å². The summed E-state index contributed by atoms with van der Waals surface area (Å²) in [6.07, 6.45) is 2.42. The maximum Gasteiger partial charge on any atom is 0.408 e. The van der Waals surface area contributed by atoms with Crippen LogP contribution < -0.4 is 21.3 Å². The molecule has 0 bridgehead atoms. The third-order valence-electron chi connectivity index (χ3n) is 9.08. The minimum atomic E-state index is -1.44. The summed E-state index contributed by atoms with van der Waals surface area (Å²) in [6.45, 7) is 11.2. The smallest absolute Gasteiger partial charge is 0.408 e. The highest BCUT2D eigenvalue weighted by atomic mass is 16.6. The molecule has 13 nitrogen and oxygen atoms in total. The first-order valence-electron chi connectivity index (χ1n) is 20.4. The standard InChI is InChI=1S/C46H62N4O9/c1-32(2)27-34-22-24-37(25-23-34)33(3)42(53)48-29-39(43(54)47-26-16-8-7-15-21-41(52)57-30-35-17-11-9-12-18-35)49-40(51)28-38(44(55)59-46(4,5)6)50-45(56)58-31-36-19-13-10-14-20-36/h9-14,17-20,22-25,32-33,38-39H,7-8,15-16,21,26-31H2,1-6H3,(H,47,54)(H,48,53)(H,49,51)(H,50,56)/t33-,38-,39-/m1/s1. The zero-order valence-electron chi connectivity index (χ0n) is 35.3. The summed E-state index contributed by atoms with van der Waals surface area (Å²) < 4.78 is 16.1. The van der Waals surface area contributed by atoms with Crippen LogP contribution >= 0.6 is 0 Å². The summed E-state index contributed by atoms with van der Waals surface area (Å²) in [6, 6.07) is 23.6. The van der Waals surface area contributed by atoms with Crippen molar-refractivity contribution in [2.24, 2.45) is 5.92 Å². The molecule has 0 aromatic heterocycles. The van der Waals surface area contributed by atoms with E-state index in [9.17, 15) is 28.8 Å². The lowest BCUT2D eigenvalue weighted by Crippen LogP contribution is -2.54. The number of carbonyl (C=O) groups excluding carboxylic acids is 6. The lowest BCUT2D eigenvalue weighted by atomic mass is 9.96. The number of hydrogen-bond acceptors (Lipinski definition) is 9. The van der Waals surface area contributed by atoms with Gasteiger partial charge in [-0.15, -0.1) is 0 Å². The Morgan fingerprint density at radius 2 is 1.22 bits per heavy atom. The molecule has 0 fully saturated rings. The molecule has 4 amide bonds. The van der Waals surface area contributed by atoms with Crippen LogP contribution in [0.2, 0.25) is 0 Å². The molecule has 0 aliphatic rings. The first-order chi connectivity index (χ1) is 28.1. The van der Waals surface area contributed by atoms with Crippen molar-refractivity contribution < 1.29 is 43.0 Å². The zero-order valence-corrected chi connectivity index (χ0v) is 35.3. The normalized spacial score (nSPS) is 12.7. The van der Waals surface area contributed by atoms with Gasteiger partial charge in [0.05, 0.1) is 12.3 Å². The molecule has 0 aliphatic carbocycles. The second-order valence-corrected chi connectivity index (χ2v) is 16.0. The Morgan fingerprint density at radius 3 is 1.81 bits per heavy atom. The predicted molar refractivity (Wildman–Crippen MR) is 225 cm³/mol. The highest BCUT2D eigenvalue weighted by Gasteiger charge is 2.31. The summed E-state index contributed by atoms with van der Waals surface area (Å²) in [5, 5.41) is 10.7. The number of esters is 2. The maximum atomic E-state index is 13.5. The topological polar surface area (TPSA) is 178 Å². The SMILES string of the molecule is CC(C)Cc1ccc([C@@H](C)C(=O)NC[C@@H](NC(=O)C[C@@H](NC(=O)OCc2ccccc2)C(=O)OC(C)(C)C)C(=O)NCCCCCCC(=O)OCc2ccccc2)cc1. The van der Waals surface area contributed by atoms with E-state index in [0.29, 0.717) is 18.8 Å². The van der Waals surface area contributed by atoms with Crippen LogP contribution in [0.3, 0.4) is 0 Å². The number of benzene rings is 3. The van der Waals surface area contributed by atoms with Crippen molar-refractivity contribution in [1.29, 1.82) is 0 Å². The summed E-state index contributed by atoms with van der Waals surface area (Å²) in [7, 11) is 0. The summed E-state index contributed by atoms with van der Waals surface area (Å²) >= 11 is 0. The highest BCUT2D eigenvalue weighted by Crippen LogP contribution is 2.18. The van der Waals surface area contributed by atoms with E-state index in [4.69, 9.17) is 14.2 Å². The number of unbranched alkanes of at least 4 members (excludes halogenated alkanes) is 3. The summed E-state index contributed by atoms with van der Waals surface area (Å²) in [4.78, 5) is 78.4. The number of amides is 4. The molecule has 0 saturated heterocycles. The molecule has 0 aliphatic heterocycles. The van der Waals surface area contributed by atoms with Crippen LogP contribution in [0, 0.1) is 5.92 Å². The average Bonchev–Trinajstić information content (AvgIpc) is 3.19. The molecule has 13 heteroatoms. The number of rotatable bonds is 23. The van der Waals surface area contributed by atoms with Gasteiger partial charge in [0.2, 0.25) is 17.7 Å². The van der Waals surface area contributed by atoms with Crippen molar-refractivity contribution in [2.75, 3.05) is 13.1 Å². The second kappa shape index (κ2) is 24.9. The molecular weight excluding hydrogens is 753 g/mol. The van der Waals surface area contributed by atoms with Gasteiger partial charge in [0.25, 0.3) is 0 Å². The monoisotopic (exact) mass is 814 g/mol. The van der Waals surface area contributed by atoms with Crippen LogP contribution in [0.5, 0.6) is 0 Å². The first kappa shape index (κ1) is 47.7. The van der Waals surface area contributed by atoms with Crippen molar-refractivity contribution in [3.8, 4) is 0 Å². The van der Waals surface area contributed by atoms with Crippen molar-refractivity contribution in [3.05, 3.63) is 107 Å². The number of hydrogen-bond donors (Lipinski definition) is 4. The van der Waals surface area contributed by atoms with E-state index in [-0.39, 0.29) is 44.6 Å². The third-order valence-corrected chi connectivity index (χ3v) is 9.08. The zero-order chi connectivity index (χ0) is 43.2. The van der Waals surface area contributed by atoms with Crippen LogP contribution in [0.4, 0.5) is 4.79 Å². The third kappa shape index (κ3) is 19.5. The van der Waals surface area contributed by atoms with Gasteiger partial charge in [-0.3, -0.25) is 19.2 Å². The van der Waals surface area contributed by atoms with E-state index in [1.165, 1.54) is 5.56 Å². The second-order valence-electron chi connectivity index (χ2n) is 16.0. The highest BCUT2D eigenvalue weighted by molar-refractivity contribution is 5.92. The number of ether oxygens (including phenoxy) is 3. The van der Waals surface area contributed by atoms with Gasteiger partial charge in [0, 0.05) is 19.5 Å². The van der Waals surface area contributed by atoms with Gasteiger partial charge in [-0.2, -0.15) is 0 Å². The maximum absolute atomic E-state index is 13.5. The van der Waals surface area contributed by atoms with E-state index in [0.717, 1.165) is 36.0 Å². The van der Waals surface area contributed by atoms with Crippen molar-refractivity contribution in [3.63, 3.8) is 0 Å².